The average Bonchev–Trinajstić information content (AvgIpc) is 3.41. The molecular formula is C20H31N5O3. The second-order valence-corrected chi connectivity index (χ2v) is 8.56. The van der Waals surface area contributed by atoms with E-state index >= 15 is 0 Å². The van der Waals surface area contributed by atoms with E-state index in [9.17, 15) is 9.59 Å². The quantitative estimate of drug-likeness (QED) is 0.816. The van der Waals surface area contributed by atoms with E-state index in [1.165, 1.54) is 6.42 Å². The molecule has 4 heterocycles. The van der Waals surface area contributed by atoms with E-state index in [1.807, 2.05) is 15.9 Å². The van der Waals surface area contributed by atoms with E-state index in [4.69, 9.17) is 4.74 Å². The maximum absolute atomic E-state index is 12.5. The second kappa shape index (κ2) is 7.75. The summed E-state index contributed by atoms with van der Waals surface area (Å²) in [5, 5.41) is 0. The van der Waals surface area contributed by atoms with Gasteiger partial charge in [-0.05, 0) is 39.2 Å². The number of nitrogens with zero attached hydrogens (tertiary/aromatic N) is 4. The second-order valence-electron chi connectivity index (χ2n) is 8.56. The number of H-pyrrole nitrogens is 1. The molecule has 0 saturated carbocycles. The van der Waals surface area contributed by atoms with Crippen LogP contribution in [0.25, 0.3) is 0 Å². The number of aromatic nitrogens is 1. The van der Waals surface area contributed by atoms with Crippen LogP contribution in [0.15, 0.2) is 18.3 Å². The number of likely N-dealkylation sites (N-methyl/N-ethyl adjacent to an activating group) is 1. The number of ether oxygens (including phenoxy) is 1. The van der Waals surface area contributed by atoms with Gasteiger partial charge in [-0.15, -0.1) is 0 Å². The highest BCUT2D eigenvalue weighted by molar-refractivity contribution is 5.92. The Balaban J connectivity index is 1.26. The molecule has 1 unspecified atom stereocenters. The third kappa shape index (κ3) is 3.89. The molecule has 2 amide bonds. The van der Waals surface area contributed by atoms with Gasteiger partial charge in [0, 0.05) is 57.8 Å². The van der Waals surface area contributed by atoms with Crippen LogP contribution in [0, 0.1) is 0 Å². The molecule has 3 aliphatic rings. The molecule has 1 spiro atoms. The van der Waals surface area contributed by atoms with Gasteiger partial charge >= 0.3 is 6.09 Å². The number of amides is 2. The summed E-state index contributed by atoms with van der Waals surface area (Å²) in [6, 6.07) is 4.23. The fourth-order valence-corrected chi connectivity index (χ4v) is 4.57. The zero-order chi connectivity index (χ0) is 19.7. The predicted molar refractivity (Wildman–Crippen MR) is 105 cm³/mol. The van der Waals surface area contributed by atoms with E-state index in [1.54, 1.807) is 12.3 Å². The molecule has 154 valence electrons. The molecule has 3 fully saturated rings. The van der Waals surface area contributed by atoms with Crippen molar-refractivity contribution in [2.75, 3.05) is 59.9 Å². The van der Waals surface area contributed by atoms with Crippen LogP contribution in [0.1, 0.15) is 29.8 Å². The number of hydrogen-bond acceptors (Lipinski definition) is 5. The van der Waals surface area contributed by atoms with Crippen LogP contribution in [0.2, 0.25) is 0 Å². The lowest BCUT2D eigenvalue weighted by Crippen LogP contribution is -2.49. The van der Waals surface area contributed by atoms with Crippen LogP contribution < -0.4 is 0 Å². The van der Waals surface area contributed by atoms with Gasteiger partial charge in [0.1, 0.15) is 11.3 Å². The monoisotopic (exact) mass is 389 g/mol. The Labute approximate surface area is 166 Å². The number of carbonyl (C=O) groups is 2. The fraction of sp³-hybridized carbons (Fsp3) is 0.700. The Morgan fingerprint density at radius 2 is 2.07 bits per heavy atom. The molecule has 0 aliphatic carbocycles. The van der Waals surface area contributed by atoms with E-state index in [0.29, 0.717) is 50.8 Å². The van der Waals surface area contributed by atoms with Crippen molar-refractivity contribution >= 4 is 12.0 Å². The minimum Gasteiger partial charge on any atom is -0.441 e. The third-order valence-electron chi connectivity index (χ3n) is 6.50. The first-order chi connectivity index (χ1) is 13.5. The summed E-state index contributed by atoms with van der Waals surface area (Å²) in [7, 11) is 4.26. The first kappa shape index (κ1) is 19.3. The molecule has 3 saturated heterocycles. The van der Waals surface area contributed by atoms with Gasteiger partial charge in [-0.25, -0.2) is 4.79 Å². The average molecular weight is 390 g/mol. The molecule has 0 bridgehead atoms. The van der Waals surface area contributed by atoms with Gasteiger partial charge in [-0.2, -0.15) is 0 Å². The van der Waals surface area contributed by atoms with Gasteiger partial charge < -0.3 is 24.4 Å². The smallest absolute Gasteiger partial charge is 0.410 e. The normalized spacial score (nSPS) is 25.1. The molecule has 8 heteroatoms. The van der Waals surface area contributed by atoms with Gasteiger partial charge in [-0.1, -0.05) is 0 Å². The lowest BCUT2D eigenvalue weighted by molar-refractivity contribution is 0.00298. The minimum atomic E-state index is -0.430. The largest absolute Gasteiger partial charge is 0.441 e. The number of nitrogens with one attached hydrogen (secondary N) is 1. The highest BCUT2D eigenvalue weighted by Crippen LogP contribution is 2.33. The highest BCUT2D eigenvalue weighted by Gasteiger charge is 2.47. The van der Waals surface area contributed by atoms with Gasteiger partial charge in [0.2, 0.25) is 0 Å². The van der Waals surface area contributed by atoms with E-state index < -0.39 is 5.60 Å². The maximum Gasteiger partial charge on any atom is 0.410 e. The summed E-state index contributed by atoms with van der Waals surface area (Å²) in [5.74, 6) is 0.0190. The van der Waals surface area contributed by atoms with Gasteiger partial charge in [0.25, 0.3) is 5.91 Å². The van der Waals surface area contributed by atoms with Crippen molar-refractivity contribution in [1.29, 1.82) is 0 Å². The minimum absolute atomic E-state index is 0.0190. The van der Waals surface area contributed by atoms with E-state index in [-0.39, 0.29) is 12.0 Å². The summed E-state index contributed by atoms with van der Waals surface area (Å²) in [6.07, 6.45) is 4.15. The summed E-state index contributed by atoms with van der Waals surface area (Å²) in [4.78, 5) is 36.3. The van der Waals surface area contributed by atoms with E-state index in [0.717, 1.165) is 19.6 Å². The van der Waals surface area contributed by atoms with Crippen LogP contribution in [-0.2, 0) is 4.74 Å². The number of piperidine rings is 1. The van der Waals surface area contributed by atoms with Crippen molar-refractivity contribution in [3.63, 3.8) is 0 Å². The summed E-state index contributed by atoms with van der Waals surface area (Å²) >= 11 is 0. The van der Waals surface area contributed by atoms with Crippen molar-refractivity contribution in [3.05, 3.63) is 24.0 Å². The fourth-order valence-electron chi connectivity index (χ4n) is 4.57. The Morgan fingerprint density at radius 1 is 1.29 bits per heavy atom. The molecule has 1 aromatic heterocycles. The number of rotatable bonds is 5. The lowest BCUT2D eigenvalue weighted by atomic mass is 9.91. The molecule has 3 aliphatic heterocycles. The Kier molecular flexibility index (Phi) is 5.33. The van der Waals surface area contributed by atoms with Crippen LogP contribution in [0.3, 0.4) is 0 Å². The zero-order valence-electron chi connectivity index (χ0n) is 16.9. The van der Waals surface area contributed by atoms with Crippen LogP contribution in [0.4, 0.5) is 4.79 Å². The molecule has 0 aromatic carbocycles. The summed E-state index contributed by atoms with van der Waals surface area (Å²) < 4.78 is 5.81. The first-order valence-corrected chi connectivity index (χ1v) is 10.3. The Bertz CT molecular complexity index is 697. The summed E-state index contributed by atoms with van der Waals surface area (Å²) in [5.41, 5.74) is 0.184. The standard InChI is InChI=1S/C20H31N5O3/c1-22(2)16-5-9-23(14-16)12-13-25-15-20(28-19(25)27)6-10-24(11-7-20)18(26)17-4-3-8-21-17/h3-4,8,16,21H,5-7,9-15H2,1-2H3. The molecule has 8 nitrogen and oxygen atoms in total. The Morgan fingerprint density at radius 3 is 2.71 bits per heavy atom. The van der Waals surface area contributed by atoms with Crippen molar-refractivity contribution in [2.45, 2.75) is 30.9 Å². The molecule has 1 N–H and O–H groups in total. The molecule has 28 heavy (non-hydrogen) atoms. The van der Waals surface area contributed by atoms with Crippen molar-refractivity contribution in [3.8, 4) is 0 Å². The molecule has 1 atom stereocenters. The van der Waals surface area contributed by atoms with Crippen LogP contribution in [0.5, 0.6) is 0 Å². The first-order valence-electron chi connectivity index (χ1n) is 10.3. The van der Waals surface area contributed by atoms with Crippen molar-refractivity contribution in [1.82, 2.24) is 24.6 Å². The third-order valence-corrected chi connectivity index (χ3v) is 6.50. The number of likely N-dealkylation sites (tertiary alicyclic amines) is 2. The van der Waals surface area contributed by atoms with E-state index in [2.05, 4.69) is 28.9 Å². The van der Waals surface area contributed by atoms with Gasteiger partial charge in [0.15, 0.2) is 0 Å². The number of carbonyl (C=O) groups excluding carboxylic acids is 2. The molecule has 1 aromatic rings. The lowest BCUT2D eigenvalue weighted by Gasteiger charge is -2.37. The van der Waals surface area contributed by atoms with Crippen molar-refractivity contribution in [2.24, 2.45) is 0 Å². The molecule has 4 rings (SSSR count). The van der Waals surface area contributed by atoms with Gasteiger partial charge in [0.05, 0.1) is 6.54 Å². The highest BCUT2D eigenvalue weighted by atomic mass is 16.6. The number of hydrogen-bond donors (Lipinski definition) is 1. The zero-order valence-corrected chi connectivity index (χ0v) is 16.9. The molecular weight excluding hydrogens is 358 g/mol. The predicted octanol–water partition coefficient (Wildman–Crippen LogP) is 1.08. The Hall–Kier alpha value is -2.06. The van der Waals surface area contributed by atoms with Gasteiger partial charge in [-0.3, -0.25) is 9.69 Å². The summed E-state index contributed by atoms with van der Waals surface area (Å²) in [6.45, 7) is 5.65. The SMILES string of the molecule is CN(C)C1CCN(CCN2CC3(CCN(C(=O)c4ccc[nH]4)CC3)OC2=O)C1. The maximum atomic E-state index is 12.5. The number of aromatic amines is 1. The molecule has 0 radical (unpaired) electrons. The van der Waals surface area contributed by atoms with Crippen LogP contribution in [-0.4, -0.2) is 108 Å². The van der Waals surface area contributed by atoms with Crippen LogP contribution >= 0.6 is 0 Å². The van der Waals surface area contributed by atoms with Crippen molar-refractivity contribution < 1.29 is 14.3 Å². The topological polar surface area (TPSA) is 72.1 Å².